The lowest BCUT2D eigenvalue weighted by Crippen LogP contribution is -2.40. The number of fused-ring (bicyclic) bond motifs is 1. The number of nitrogens with zero attached hydrogens (tertiary/aromatic N) is 2. The molecule has 1 aliphatic carbocycles. The number of sulfonamides is 2. The number of unbranched alkanes of at least 4 members (excludes halogenated alkanes) is 2. The summed E-state index contributed by atoms with van der Waals surface area (Å²) in [5, 5.41) is 10.6. The zero-order valence-electron chi connectivity index (χ0n) is 27.9. The second-order valence-corrected chi connectivity index (χ2v) is 18.1. The smallest absolute Gasteiger partial charge is 0.306 e. The molecule has 3 aliphatic rings. The van der Waals surface area contributed by atoms with Crippen molar-refractivity contribution < 1.29 is 31.2 Å². The molecule has 1 saturated carbocycles. The normalized spacial score (nSPS) is 22.1. The molecule has 13 heteroatoms. The summed E-state index contributed by atoms with van der Waals surface area (Å²) >= 11 is 6.62. The Morgan fingerprint density at radius 2 is 1.53 bits per heavy atom. The first-order valence-corrected chi connectivity index (χ1v) is 21.1. The van der Waals surface area contributed by atoms with Crippen LogP contribution in [0.3, 0.4) is 0 Å². The van der Waals surface area contributed by atoms with Crippen molar-refractivity contribution in [2.45, 2.75) is 99.5 Å². The highest BCUT2D eigenvalue weighted by Gasteiger charge is 2.33. The van der Waals surface area contributed by atoms with Gasteiger partial charge >= 0.3 is 5.97 Å². The molecule has 0 amide bonds. The van der Waals surface area contributed by atoms with E-state index in [9.17, 15) is 26.7 Å². The number of halogens is 1. The van der Waals surface area contributed by atoms with Gasteiger partial charge in [0.1, 0.15) is 5.58 Å². The summed E-state index contributed by atoms with van der Waals surface area (Å²) in [6.45, 7) is 2.83. The Kier molecular flexibility index (Phi) is 11.6. The molecule has 2 N–H and O–H groups in total. The Hall–Kier alpha value is -2.64. The van der Waals surface area contributed by atoms with E-state index >= 15 is 0 Å². The van der Waals surface area contributed by atoms with Gasteiger partial charge in [-0.15, -0.1) is 0 Å². The number of benzene rings is 2. The van der Waals surface area contributed by atoms with Crippen LogP contribution in [0, 0.1) is 17.8 Å². The average Bonchev–Trinajstić information content (AvgIpc) is 3.54. The number of carboxylic acids is 1. The predicted molar refractivity (Wildman–Crippen MR) is 191 cm³/mol. The van der Waals surface area contributed by atoms with E-state index < -0.39 is 38.0 Å². The van der Waals surface area contributed by atoms with Crippen molar-refractivity contribution >= 4 is 54.3 Å². The van der Waals surface area contributed by atoms with Crippen molar-refractivity contribution in [3.05, 3.63) is 53.6 Å². The molecule has 2 saturated heterocycles. The topological polar surface area (TPSA) is 137 Å². The van der Waals surface area contributed by atoms with Crippen LogP contribution >= 0.6 is 11.6 Å². The minimum absolute atomic E-state index is 0.0342. The quantitative estimate of drug-likeness (QED) is 0.175. The molecule has 10 nitrogen and oxygen atoms in total. The first kappa shape index (κ1) is 36.2. The first-order valence-electron chi connectivity index (χ1n) is 17.8. The van der Waals surface area contributed by atoms with E-state index in [2.05, 4.69) is 9.62 Å². The number of anilines is 1. The molecule has 3 aromatic rings. The molecule has 1 aromatic heterocycles. The van der Waals surface area contributed by atoms with Gasteiger partial charge in [0.05, 0.1) is 21.5 Å². The maximum Gasteiger partial charge on any atom is 0.306 e. The highest BCUT2D eigenvalue weighted by Crippen LogP contribution is 2.34. The van der Waals surface area contributed by atoms with Gasteiger partial charge in [-0.1, -0.05) is 68.3 Å². The number of para-hydroxylation sites is 1. The molecule has 3 heterocycles. The van der Waals surface area contributed by atoms with Crippen LogP contribution in [-0.2, 0) is 24.8 Å². The van der Waals surface area contributed by atoms with Crippen molar-refractivity contribution in [2.75, 3.05) is 31.1 Å². The Morgan fingerprint density at radius 3 is 2.18 bits per heavy atom. The zero-order chi connectivity index (χ0) is 34.6. The van der Waals surface area contributed by atoms with Gasteiger partial charge in [0.25, 0.3) is 10.0 Å². The van der Waals surface area contributed by atoms with E-state index in [0.717, 1.165) is 56.3 Å². The van der Waals surface area contributed by atoms with Crippen molar-refractivity contribution in [3.8, 4) is 0 Å². The first-order chi connectivity index (χ1) is 23.5. The van der Waals surface area contributed by atoms with Gasteiger partial charge in [0, 0.05) is 43.7 Å². The van der Waals surface area contributed by atoms with Crippen LogP contribution < -0.4 is 9.62 Å². The fourth-order valence-electron chi connectivity index (χ4n) is 7.88. The van der Waals surface area contributed by atoms with E-state index in [1.807, 2.05) is 18.2 Å². The summed E-state index contributed by atoms with van der Waals surface area (Å²) < 4.78 is 62.4. The number of carboxylic acid groups (broad SMARTS) is 1. The van der Waals surface area contributed by atoms with E-state index in [4.69, 9.17) is 16.0 Å². The minimum atomic E-state index is -3.81. The van der Waals surface area contributed by atoms with Crippen LogP contribution in [0.25, 0.3) is 11.0 Å². The highest BCUT2D eigenvalue weighted by atomic mass is 35.5. The lowest BCUT2D eigenvalue weighted by atomic mass is 9.86. The van der Waals surface area contributed by atoms with Gasteiger partial charge in [-0.3, -0.25) is 4.79 Å². The lowest BCUT2D eigenvalue weighted by Gasteiger charge is -2.34. The number of nitrogens with one attached hydrogen (secondary N) is 1. The van der Waals surface area contributed by atoms with E-state index in [1.165, 1.54) is 31.7 Å². The lowest BCUT2D eigenvalue weighted by molar-refractivity contribution is -0.143. The van der Waals surface area contributed by atoms with Gasteiger partial charge in [-0.05, 0) is 81.0 Å². The van der Waals surface area contributed by atoms with E-state index in [0.29, 0.717) is 61.2 Å². The molecule has 2 aromatic carbocycles. The maximum absolute atomic E-state index is 13.2. The molecule has 3 fully saturated rings. The summed E-state index contributed by atoms with van der Waals surface area (Å²) in [7, 11) is -7.43. The molecule has 0 bridgehead atoms. The van der Waals surface area contributed by atoms with E-state index in [1.54, 1.807) is 28.6 Å². The van der Waals surface area contributed by atoms with Crippen LogP contribution in [-0.4, -0.2) is 64.4 Å². The second kappa shape index (κ2) is 15.7. The Morgan fingerprint density at radius 1 is 0.857 bits per heavy atom. The van der Waals surface area contributed by atoms with Crippen molar-refractivity contribution in [3.63, 3.8) is 0 Å². The molecule has 2 atom stereocenters. The number of hydrogen-bond acceptors (Lipinski definition) is 7. The Labute approximate surface area is 295 Å². The third-order valence-corrected chi connectivity index (χ3v) is 14.4. The summed E-state index contributed by atoms with van der Waals surface area (Å²) in [4.78, 5) is 13.7. The van der Waals surface area contributed by atoms with Crippen LogP contribution in [0.15, 0.2) is 62.9 Å². The third-order valence-electron chi connectivity index (χ3n) is 10.8. The number of aliphatic carboxylic acids is 1. The minimum Gasteiger partial charge on any atom is -0.481 e. The van der Waals surface area contributed by atoms with Gasteiger partial charge in [0.15, 0.2) is 0 Å². The van der Waals surface area contributed by atoms with Gasteiger partial charge < -0.3 is 14.4 Å². The monoisotopic (exact) mass is 733 g/mol. The largest absolute Gasteiger partial charge is 0.481 e. The average molecular weight is 734 g/mol. The van der Waals surface area contributed by atoms with Crippen LogP contribution in [0.4, 0.5) is 5.69 Å². The van der Waals surface area contributed by atoms with Crippen LogP contribution in [0.5, 0.6) is 0 Å². The highest BCUT2D eigenvalue weighted by molar-refractivity contribution is 7.89. The summed E-state index contributed by atoms with van der Waals surface area (Å²) in [5.74, 6) is -0.170. The molecule has 49 heavy (non-hydrogen) atoms. The molecule has 268 valence electrons. The Balaban J connectivity index is 0.880. The van der Waals surface area contributed by atoms with Crippen molar-refractivity contribution in [1.29, 1.82) is 0 Å². The van der Waals surface area contributed by atoms with E-state index in [-0.39, 0.29) is 9.99 Å². The van der Waals surface area contributed by atoms with Gasteiger partial charge in [-0.25, -0.2) is 21.6 Å². The summed E-state index contributed by atoms with van der Waals surface area (Å²) in [6.07, 6.45) is 12.0. The number of furan rings is 1. The fourth-order valence-corrected chi connectivity index (χ4v) is 11.0. The molecule has 0 spiro atoms. The number of hydrogen-bond donors (Lipinski definition) is 2. The zero-order valence-corrected chi connectivity index (χ0v) is 30.3. The molecule has 2 unspecified atom stereocenters. The van der Waals surface area contributed by atoms with Crippen LogP contribution in [0.2, 0.25) is 5.02 Å². The van der Waals surface area contributed by atoms with Gasteiger partial charge in [0.2, 0.25) is 15.1 Å². The third kappa shape index (κ3) is 8.81. The summed E-state index contributed by atoms with van der Waals surface area (Å²) in [6, 6.07) is 13.5. The number of rotatable bonds is 13. The summed E-state index contributed by atoms with van der Waals surface area (Å²) in [5.41, 5.74) is 1.44. The molecule has 6 rings (SSSR count). The molecular weight excluding hydrogens is 686 g/mol. The maximum atomic E-state index is 13.2. The number of carbonyl (C=O) groups is 1. The molecule has 2 aliphatic heterocycles. The SMILES string of the molecule is O=C(O)C1CCCC(NS(=O)(=O)c2ccc(N3CCC(CCCCCC4CCN(S(=O)(=O)c5cc6ccccc6o5)CC4)CC3)c(Cl)c2)C1. The van der Waals surface area contributed by atoms with Gasteiger partial charge in [-0.2, -0.15) is 4.31 Å². The standard InChI is InChI=1S/C36H48ClN3O7S2/c37-32-25-31(48(43,44)38-30-11-6-10-29(23-30)36(41)42)13-14-33(32)39-19-15-26(16-20-39)7-2-1-3-8-27-17-21-40(22-18-27)49(45,46)35-24-28-9-4-5-12-34(28)47-35/h4-5,9,12-14,24-27,29-30,38H,1-3,6-8,10-11,15-23H2,(H,41,42). The van der Waals surface area contributed by atoms with Crippen molar-refractivity contribution in [1.82, 2.24) is 9.03 Å². The second-order valence-electron chi connectivity index (χ2n) is 14.2. The van der Waals surface area contributed by atoms with Crippen molar-refractivity contribution in [2.24, 2.45) is 17.8 Å². The van der Waals surface area contributed by atoms with Crippen LogP contribution in [0.1, 0.15) is 83.5 Å². The molecular formula is C36H48ClN3O7S2. The predicted octanol–water partition coefficient (Wildman–Crippen LogP) is 7.28. The number of piperidine rings is 2. The molecule has 0 radical (unpaired) electrons. The fraction of sp³-hybridized carbons (Fsp3) is 0.583. The Bertz CT molecular complexity index is 1780.